The Morgan fingerprint density at radius 1 is 0.903 bits per heavy atom. The second-order valence-electron chi connectivity index (χ2n) is 7.95. The van der Waals surface area contributed by atoms with E-state index in [0.717, 1.165) is 33.5 Å². The molecule has 1 aliphatic heterocycles. The Labute approximate surface area is 180 Å². The summed E-state index contributed by atoms with van der Waals surface area (Å²) in [5.41, 5.74) is 10.7. The molecule has 4 nitrogen and oxygen atoms in total. The molecule has 1 aromatic heterocycles. The number of fused-ring (bicyclic) bond motifs is 2. The molecule has 0 unspecified atom stereocenters. The number of hydrogen-bond donors (Lipinski definition) is 2. The van der Waals surface area contributed by atoms with Gasteiger partial charge >= 0.3 is 5.97 Å². The van der Waals surface area contributed by atoms with Crippen molar-refractivity contribution in [3.63, 3.8) is 0 Å². The summed E-state index contributed by atoms with van der Waals surface area (Å²) in [5, 5.41) is 1.18. The average molecular weight is 407 g/mol. The highest BCUT2D eigenvalue weighted by Gasteiger charge is 2.25. The molecule has 0 amide bonds. The standard InChI is InChI=1S/C27H22N2O2/c1-16-4-10-24-20(12-16)22(14-28-24)26(18-6-8-19(9-7-18)27(30)31-3)23-15-29-25-11-5-17(2)13-21(23)25/h4-15,28H,1-3H3/p+1. The lowest BCUT2D eigenvalue weighted by Crippen LogP contribution is -2.58. The van der Waals surface area contributed by atoms with E-state index in [2.05, 4.69) is 72.6 Å². The first-order valence-corrected chi connectivity index (χ1v) is 10.3. The Hall–Kier alpha value is -3.92. The fraction of sp³-hybridized carbons (Fsp3) is 0.111. The summed E-state index contributed by atoms with van der Waals surface area (Å²) in [6.07, 6.45) is 4.14. The number of rotatable bonds is 3. The zero-order chi connectivity index (χ0) is 21.5. The maximum Gasteiger partial charge on any atom is 0.337 e. The monoisotopic (exact) mass is 407 g/mol. The third-order valence-corrected chi connectivity index (χ3v) is 5.81. The second kappa shape index (κ2) is 7.40. The fourth-order valence-corrected chi connectivity index (χ4v) is 4.23. The summed E-state index contributed by atoms with van der Waals surface area (Å²) in [7, 11) is 1.40. The molecule has 0 spiro atoms. The van der Waals surface area contributed by atoms with Crippen LogP contribution in [0.25, 0.3) is 22.0 Å². The van der Waals surface area contributed by atoms with E-state index in [1.165, 1.54) is 29.2 Å². The summed E-state index contributed by atoms with van der Waals surface area (Å²) in [6, 6.07) is 20.5. The van der Waals surface area contributed by atoms with Crippen molar-refractivity contribution in [1.29, 1.82) is 0 Å². The first-order chi connectivity index (χ1) is 15.0. The molecule has 1 aliphatic rings. The van der Waals surface area contributed by atoms with Gasteiger partial charge in [-0.15, -0.1) is 0 Å². The highest BCUT2D eigenvalue weighted by molar-refractivity contribution is 6.25. The van der Waals surface area contributed by atoms with Crippen LogP contribution < -0.4 is 4.99 Å². The molecular formula is C27H23N2O2+. The zero-order valence-electron chi connectivity index (χ0n) is 17.7. The smallest absolute Gasteiger partial charge is 0.337 e. The Balaban J connectivity index is 1.79. The normalized spacial score (nSPS) is 14.0. The van der Waals surface area contributed by atoms with Crippen LogP contribution in [0.1, 0.15) is 38.2 Å². The number of ether oxygens (including phenoxy) is 1. The number of aryl methyl sites for hydroxylation is 2. The van der Waals surface area contributed by atoms with Crippen LogP contribution in [-0.2, 0) is 4.74 Å². The minimum Gasteiger partial charge on any atom is -0.465 e. The third kappa shape index (κ3) is 3.26. The number of carbonyl (C=O) groups excluding carboxylic acids is 1. The second-order valence-corrected chi connectivity index (χ2v) is 7.95. The van der Waals surface area contributed by atoms with Crippen LogP contribution in [0.3, 0.4) is 0 Å². The van der Waals surface area contributed by atoms with Gasteiger partial charge in [0.1, 0.15) is 0 Å². The van der Waals surface area contributed by atoms with Gasteiger partial charge in [-0.25, -0.2) is 9.79 Å². The van der Waals surface area contributed by atoms with Crippen molar-refractivity contribution in [2.45, 2.75) is 13.8 Å². The molecule has 0 radical (unpaired) electrons. The molecule has 0 aliphatic carbocycles. The molecule has 3 aromatic carbocycles. The van der Waals surface area contributed by atoms with Crippen LogP contribution in [-0.4, -0.2) is 24.3 Å². The van der Waals surface area contributed by atoms with Crippen molar-refractivity contribution in [3.05, 3.63) is 100 Å². The van der Waals surface area contributed by atoms with Crippen LogP contribution in [0.5, 0.6) is 0 Å². The number of allylic oxidation sites excluding steroid dienone is 1. The lowest BCUT2D eigenvalue weighted by molar-refractivity contribution is -0.342. The van der Waals surface area contributed by atoms with E-state index in [-0.39, 0.29) is 5.97 Å². The lowest BCUT2D eigenvalue weighted by atomic mass is 9.89. The zero-order valence-corrected chi connectivity index (χ0v) is 17.7. The van der Waals surface area contributed by atoms with Crippen LogP contribution in [0.15, 0.2) is 66.9 Å². The van der Waals surface area contributed by atoms with Gasteiger partial charge in [-0.2, -0.15) is 0 Å². The van der Waals surface area contributed by atoms with E-state index in [9.17, 15) is 4.79 Å². The lowest BCUT2D eigenvalue weighted by Gasteiger charge is -2.11. The van der Waals surface area contributed by atoms with E-state index in [4.69, 9.17) is 4.74 Å². The number of esters is 1. The van der Waals surface area contributed by atoms with Crippen molar-refractivity contribution in [3.8, 4) is 0 Å². The first-order valence-electron chi connectivity index (χ1n) is 10.3. The Kier molecular flexibility index (Phi) is 4.55. The van der Waals surface area contributed by atoms with E-state index >= 15 is 0 Å². The average Bonchev–Trinajstić information content (AvgIpc) is 3.38. The highest BCUT2D eigenvalue weighted by Crippen LogP contribution is 2.38. The van der Waals surface area contributed by atoms with Crippen molar-refractivity contribution in [2.75, 3.05) is 7.11 Å². The van der Waals surface area contributed by atoms with Crippen molar-refractivity contribution in [1.82, 2.24) is 4.98 Å². The number of benzene rings is 3. The molecular weight excluding hydrogens is 384 g/mol. The molecule has 0 fully saturated rings. The molecule has 2 N–H and O–H groups in total. The van der Waals surface area contributed by atoms with Gasteiger partial charge in [-0.1, -0.05) is 35.4 Å². The summed E-state index contributed by atoms with van der Waals surface area (Å²) in [5.74, 6) is -0.335. The predicted molar refractivity (Wildman–Crippen MR) is 125 cm³/mol. The molecule has 0 saturated carbocycles. The van der Waals surface area contributed by atoms with Crippen LogP contribution in [0, 0.1) is 13.8 Å². The molecule has 4 heteroatoms. The molecule has 5 rings (SSSR count). The van der Waals surface area contributed by atoms with Gasteiger partial charge in [-0.05, 0) is 49.7 Å². The Morgan fingerprint density at radius 3 is 2.39 bits per heavy atom. The highest BCUT2D eigenvalue weighted by atomic mass is 16.5. The Bertz CT molecular complexity index is 1390. The summed E-state index contributed by atoms with van der Waals surface area (Å²) < 4.78 is 4.87. The maximum absolute atomic E-state index is 11.9. The van der Waals surface area contributed by atoms with E-state index < -0.39 is 0 Å². The molecule has 0 atom stereocenters. The minimum atomic E-state index is -0.335. The van der Waals surface area contributed by atoms with Crippen LogP contribution in [0.2, 0.25) is 0 Å². The summed E-state index contributed by atoms with van der Waals surface area (Å²) >= 11 is 0. The quantitative estimate of drug-likeness (QED) is 0.497. The van der Waals surface area contributed by atoms with E-state index in [1.54, 1.807) is 0 Å². The predicted octanol–water partition coefficient (Wildman–Crippen LogP) is 4.33. The van der Waals surface area contributed by atoms with Gasteiger partial charge in [0.25, 0.3) is 0 Å². The van der Waals surface area contributed by atoms with Gasteiger partial charge < -0.3 is 9.72 Å². The van der Waals surface area contributed by atoms with Crippen molar-refractivity contribution in [2.24, 2.45) is 0 Å². The Morgan fingerprint density at radius 2 is 1.61 bits per heavy atom. The number of nitrogens with one attached hydrogen (secondary N) is 2. The van der Waals surface area contributed by atoms with Crippen LogP contribution in [0.4, 0.5) is 5.69 Å². The fourth-order valence-electron chi connectivity index (χ4n) is 4.23. The van der Waals surface area contributed by atoms with Gasteiger partial charge in [0.15, 0.2) is 6.21 Å². The van der Waals surface area contributed by atoms with E-state index in [1.807, 2.05) is 24.3 Å². The number of aromatic nitrogens is 1. The van der Waals surface area contributed by atoms with Crippen LogP contribution >= 0.6 is 0 Å². The van der Waals surface area contributed by atoms with Gasteiger partial charge in [0.2, 0.25) is 5.69 Å². The number of carbonyl (C=O) groups is 1. The molecule has 31 heavy (non-hydrogen) atoms. The van der Waals surface area contributed by atoms with Gasteiger partial charge in [-0.3, -0.25) is 0 Å². The summed E-state index contributed by atoms with van der Waals surface area (Å²) in [6.45, 7) is 4.21. The van der Waals surface area contributed by atoms with Crippen molar-refractivity contribution >= 4 is 39.9 Å². The maximum atomic E-state index is 11.9. The number of aromatic amines is 1. The number of H-pyrrole nitrogens is 1. The van der Waals surface area contributed by atoms with Gasteiger partial charge in [0, 0.05) is 34.3 Å². The summed E-state index contributed by atoms with van der Waals surface area (Å²) in [4.78, 5) is 18.8. The molecule has 152 valence electrons. The third-order valence-electron chi connectivity index (χ3n) is 5.81. The van der Waals surface area contributed by atoms with Gasteiger partial charge in [0.05, 0.1) is 23.8 Å². The number of hydrogen-bond acceptors (Lipinski definition) is 2. The molecule has 0 bridgehead atoms. The first kappa shape index (κ1) is 19.1. The largest absolute Gasteiger partial charge is 0.465 e. The van der Waals surface area contributed by atoms with E-state index in [0.29, 0.717) is 5.56 Å². The molecule has 4 aromatic rings. The minimum absolute atomic E-state index is 0.335. The number of methoxy groups -OCH3 is 1. The SMILES string of the molecule is COC(=O)c1ccc(C(=C2C=[NH+]c3ccc(C)cc32)c2c[nH]c3ccc(C)cc23)cc1. The van der Waals surface area contributed by atoms with Crippen molar-refractivity contribution < 1.29 is 14.5 Å². The topological polar surface area (TPSA) is 56.1 Å². The molecule has 2 heterocycles. The molecule has 0 saturated heterocycles.